The van der Waals surface area contributed by atoms with Gasteiger partial charge in [0, 0.05) is 0 Å². The standard InChI is InChI=1S/C20H18O4/c1-13-12-16(6-11-19(13)23)20(24,14-2-7-17(21)8-3-14)15-4-9-18(22)10-5-15/h2-12,21-24H,1H3. The fourth-order valence-electron chi connectivity index (χ4n) is 2.79. The molecule has 0 radical (unpaired) electrons. The Morgan fingerprint density at radius 1 is 0.625 bits per heavy atom. The van der Waals surface area contributed by atoms with Gasteiger partial charge in [-0.2, -0.15) is 0 Å². The van der Waals surface area contributed by atoms with Gasteiger partial charge in [-0.05, 0) is 65.6 Å². The third-order valence-corrected chi connectivity index (χ3v) is 4.18. The Morgan fingerprint density at radius 3 is 1.46 bits per heavy atom. The van der Waals surface area contributed by atoms with Crippen LogP contribution in [0.3, 0.4) is 0 Å². The minimum absolute atomic E-state index is 0.105. The van der Waals surface area contributed by atoms with Crippen molar-refractivity contribution in [3.63, 3.8) is 0 Å². The summed E-state index contributed by atoms with van der Waals surface area (Å²) < 4.78 is 0. The fourth-order valence-corrected chi connectivity index (χ4v) is 2.79. The fraction of sp³-hybridized carbons (Fsp3) is 0.100. The highest BCUT2D eigenvalue weighted by atomic mass is 16.3. The van der Waals surface area contributed by atoms with Crippen LogP contribution in [0.5, 0.6) is 17.2 Å². The first-order chi connectivity index (χ1) is 11.4. The van der Waals surface area contributed by atoms with E-state index in [9.17, 15) is 20.4 Å². The van der Waals surface area contributed by atoms with Crippen molar-refractivity contribution in [2.24, 2.45) is 0 Å². The summed E-state index contributed by atoms with van der Waals surface area (Å²) in [5.41, 5.74) is 0.865. The molecule has 0 heterocycles. The molecule has 0 aliphatic rings. The molecular weight excluding hydrogens is 304 g/mol. The second kappa shape index (κ2) is 5.91. The van der Waals surface area contributed by atoms with Crippen molar-refractivity contribution in [2.75, 3.05) is 0 Å². The molecule has 3 aromatic carbocycles. The van der Waals surface area contributed by atoms with Gasteiger partial charge >= 0.3 is 0 Å². The van der Waals surface area contributed by atoms with Crippen LogP contribution >= 0.6 is 0 Å². The zero-order valence-corrected chi connectivity index (χ0v) is 13.1. The van der Waals surface area contributed by atoms with Crippen LogP contribution in [0.2, 0.25) is 0 Å². The quantitative estimate of drug-likeness (QED) is 0.557. The van der Waals surface area contributed by atoms with E-state index in [-0.39, 0.29) is 17.2 Å². The Hall–Kier alpha value is -2.98. The van der Waals surface area contributed by atoms with Crippen molar-refractivity contribution < 1.29 is 20.4 Å². The first kappa shape index (κ1) is 15.9. The van der Waals surface area contributed by atoms with Crippen LogP contribution in [-0.4, -0.2) is 20.4 Å². The molecule has 4 N–H and O–H groups in total. The summed E-state index contributed by atoms with van der Waals surface area (Å²) in [6.07, 6.45) is 0. The molecule has 0 saturated carbocycles. The second-order valence-corrected chi connectivity index (χ2v) is 5.81. The predicted molar refractivity (Wildman–Crippen MR) is 91.2 cm³/mol. The van der Waals surface area contributed by atoms with Gasteiger partial charge in [-0.3, -0.25) is 0 Å². The van der Waals surface area contributed by atoms with Gasteiger partial charge in [-0.1, -0.05) is 30.3 Å². The van der Waals surface area contributed by atoms with E-state index in [1.807, 2.05) is 0 Å². The van der Waals surface area contributed by atoms with E-state index in [1.54, 1.807) is 43.3 Å². The van der Waals surface area contributed by atoms with Crippen LogP contribution < -0.4 is 0 Å². The van der Waals surface area contributed by atoms with Gasteiger partial charge in [0.2, 0.25) is 0 Å². The van der Waals surface area contributed by atoms with Gasteiger partial charge in [0.05, 0.1) is 0 Å². The van der Waals surface area contributed by atoms with E-state index >= 15 is 0 Å². The minimum Gasteiger partial charge on any atom is -0.508 e. The molecule has 122 valence electrons. The number of phenols is 3. The van der Waals surface area contributed by atoms with Crippen molar-refractivity contribution in [3.05, 3.63) is 89.0 Å². The maximum absolute atomic E-state index is 11.6. The van der Waals surface area contributed by atoms with E-state index in [2.05, 4.69) is 0 Å². The maximum atomic E-state index is 11.6. The number of aryl methyl sites for hydroxylation is 1. The van der Waals surface area contributed by atoms with Crippen molar-refractivity contribution in [1.29, 1.82) is 0 Å². The van der Waals surface area contributed by atoms with E-state index < -0.39 is 5.60 Å². The molecule has 4 heteroatoms. The van der Waals surface area contributed by atoms with Gasteiger partial charge in [0.1, 0.15) is 22.8 Å². The smallest absolute Gasteiger partial charge is 0.140 e. The molecule has 0 aliphatic carbocycles. The van der Waals surface area contributed by atoms with Crippen LogP contribution in [0.4, 0.5) is 0 Å². The number of hydrogen-bond donors (Lipinski definition) is 4. The highest BCUT2D eigenvalue weighted by Gasteiger charge is 2.34. The lowest BCUT2D eigenvalue weighted by molar-refractivity contribution is 0.125. The van der Waals surface area contributed by atoms with E-state index in [1.165, 1.54) is 30.3 Å². The van der Waals surface area contributed by atoms with Crippen LogP contribution in [0, 0.1) is 6.92 Å². The van der Waals surface area contributed by atoms with Crippen molar-refractivity contribution in [2.45, 2.75) is 12.5 Å². The number of benzene rings is 3. The first-order valence-corrected chi connectivity index (χ1v) is 7.53. The van der Waals surface area contributed by atoms with Crippen LogP contribution in [0.1, 0.15) is 22.3 Å². The lowest BCUT2D eigenvalue weighted by Gasteiger charge is -2.30. The number of aliphatic hydroxyl groups is 1. The highest BCUT2D eigenvalue weighted by Crippen LogP contribution is 2.39. The molecule has 3 aromatic rings. The van der Waals surface area contributed by atoms with Crippen LogP contribution in [0.15, 0.2) is 66.7 Å². The van der Waals surface area contributed by atoms with Gasteiger partial charge in [0.25, 0.3) is 0 Å². The van der Waals surface area contributed by atoms with Crippen molar-refractivity contribution >= 4 is 0 Å². The molecule has 0 aromatic heterocycles. The van der Waals surface area contributed by atoms with Crippen molar-refractivity contribution in [1.82, 2.24) is 0 Å². The Balaban J connectivity index is 2.25. The summed E-state index contributed by atoms with van der Waals surface area (Å²) in [4.78, 5) is 0. The van der Waals surface area contributed by atoms with Crippen LogP contribution in [0.25, 0.3) is 0 Å². The molecular formula is C20H18O4. The Morgan fingerprint density at radius 2 is 1.04 bits per heavy atom. The van der Waals surface area contributed by atoms with E-state index in [0.717, 1.165) is 0 Å². The largest absolute Gasteiger partial charge is 0.508 e. The Bertz CT molecular complexity index is 806. The monoisotopic (exact) mass is 322 g/mol. The zero-order valence-electron chi connectivity index (χ0n) is 13.1. The maximum Gasteiger partial charge on any atom is 0.140 e. The molecule has 24 heavy (non-hydrogen) atoms. The predicted octanol–water partition coefficient (Wildman–Crippen LogP) is 3.40. The molecule has 0 unspecified atom stereocenters. The summed E-state index contributed by atoms with van der Waals surface area (Å²) in [5, 5.41) is 40.4. The molecule has 4 nitrogen and oxygen atoms in total. The first-order valence-electron chi connectivity index (χ1n) is 7.53. The lowest BCUT2D eigenvalue weighted by atomic mass is 9.80. The average Bonchev–Trinajstić information content (AvgIpc) is 2.58. The number of rotatable bonds is 3. The highest BCUT2D eigenvalue weighted by molar-refractivity contribution is 5.51. The molecule has 0 aliphatic heterocycles. The molecule has 3 rings (SSSR count). The third kappa shape index (κ3) is 2.68. The molecule has 0 fully saturated rings. The van der Waals surface area contributed by atoms with Gasteiger partial charge in [0.15, 0.2) is 0 Å². The normalized spacial score (nSPS) is 11.4. The third-order valence-electron chi connectivity index (χ3n) is 4.18. The van der Waals surface area contributed by atoms with Crippen molar-refractivity contribution in [3.8, 4) is 17.2 Å². The molecule has 0 spiro atoms. The summed E-state index contributed by atoms with van der Waals surface area (Å²) in [7, 11) is 0. The van der Waals surface area contributed by atoms with Crippen LogP contribution in [-0.2, 0) is 5.60 Å². The number of aromatic hydroxyl groups is 3. The summed E-state index contributed by atoms with van der Waals surface area (Å²) in [6.45, 7) is 1.76. The SMILES string of the molecule is Cc1cc(C(O)(c2ccc(O)cc2)c2ccc(O)cc2)ccc1O. The molecule has 0 amide bonds. The van der Waals surface area contributed by atoms with Gasteiger partial charge in [-0.15, -0.1) is 0 Å². The molecule has 0 atom stereocenters. The summed E-state index contributed by atoms with van der Waals surface area (Å²) in [5.74, 6) is 0.361. The minimum atomic E-state index is -1.49. The summed E-state index contributed by atoms with van der Waals surface area (Å²) >= 11 is 0. The van der Waals surface area contributed by atoms with E-state index in [4.69, 9.17) is 0 Å². The van der Waals surface area contributed by atoms with Gasteiger partial charge in [-0.25, -0.2) is 0 Å². The Kier molecular flexibility index (Phi) is 3.91. The number of phenolic OH excluding ortho intramolecular Hbond substituents is 3. The summed E-state index contributed by atoms with van der Waals surface area (Å²) in [6, 6.07) is 17.5. The molecule has 0 saturated heterocycles. The Labute approximate surface area is 139 Å². The van der Waals surface area contributed by atoms with E-state index in [0.29, 0.717) is 22.3 Å². The average molecular weight is 322 g/mol. The zero-order chi connectivity index (χ0) is 17.3. The van der Waals surface area contributed by atoms with Gasteiger partial charge < -0.3 is 20.4 Å². The lowest BCUT2D eigenvalue weighted by Crippen LogP contribution is -2.28. The number of hydrogen-bond acceptors (Lipinski definition) is 4. The topological polar surface area (TPSA) is 80.9 Å². The second-order valence-electron chi connectivity index (χ2n) is 5.81. The molecule has 0 bridgehead atoms.